The Balaban J connectivity index is 1.62. The van der Waals surface area contributed by atoms with Crippen LogP contribution in [-0.2, 0) is 10.2 Å². The van der Waals surface area contributed by atoms with E-state index in [1.807, 2.05) is 6.92 Å². The summed E-state index contributed by atoms with van der Waals surface area (Å²) in [5, 5.41) is 3.24. The highest BCUT2D eigenvalue weighted by atomic mass is 32.2. The lowest BCUT2D eigenvalue weighted by atomic mass is 9.99. The van der Waals surface area contributed by atoms with Crippen molar-refractivity contribution in [1.29, 1.82) is 0 Å². The highest BCUT2D eigenvalue weighted by molar-refractivity contribution is 7.86. The van der Waals surface area contributed by atoms with Crippen LogP contribution in [0.2, 0.25) is 0 Å². The number of aryl methyl sites for hydroxylation is 1. The Morgan fingerprint density at radius 3 is 2.50 bits per heavy atom. The Morgan fingerprint density at radius 1 is 1.18 bits per heavy atom. The number of rotatable bonds is 3. The molecule has 1 unspecified atom stereocenters. The van der Waals surface area contributed by atoms with E-state index in [-0.39, 0.29) is 0 Å². The first-order valence-electron chi connectivity index (χ1n) is 8.14. The maximum absolute atomic E-state index is 12.8. The summed E-state index contributed by atoms with van der Waals surface area (Å²) in [6, 6.07) is 0. The van der Waals surface area contributed by atoms with Crippen molar-refractivity contribution in [2.24, 2.45) is 5.92 Å². The second-order valence-corrected chi connectivity index (χ2v) is 9.43. The van der Waals surface area contributed by atoms with E-state index in [2.05, 4.69) is 17.3 Å². The maximum atomic E-state index is 12.8. The van der Waals surface area contributed by atoms with Crippen LogP contribution in [0.5, 0.6) is 0 Å². The third kappa shape index (κ3) is 3.37. The fourth-order valence-corrected chi connectivity index (χ4v) is 6.18. The molecule has 0 radical (unpaired) electrons. The average Bonchev–Trinajstić information content (AvgIpc) is 2.94. The van der Waals surface area contributed by atoms with Crippen LogP contribution in [-0.4, -0.2) is 48.2 Å². The zero-order valence-electron chi connectivity index (χ0n) is 13.4. The highest BCUT2D eigenvalue weighted by Gasteiger charge is 2.35. The molecular formula is C15H25N3O2S2. The van der Waals surface area contributed by atoms with Gasteiger partial charge in [-0.05, 0) is 38.5 Å². The highest BCUT2D eigenvalue weighted by Crippen LogP contribution is 2.32. The number of hydrogen-bond acceptors (Lipinski definition) is 4. The van der Waals surface area contributed by atoms with Crippen molar-refractivity contribution in [2.75, 3.05) is 26.2 Å². The minimum absolute atomic E-state index is 0.422. The molecule has 7 heteroatoms. The SMILES string of the molecule is Cc1csc(C2CCN(S(=O)(=O)N3CCCC(C)C3)CC2)n1. The first-order chi connectivity index (χ1) is 10.5. The predicted molar refractivity (Wildman–Crippen MR) is 89.3 cm³/mol. The van der Waals surface area contributed by atoms with E-state index in [1.54, 1.807) is 19.9 Å². The molecule has 2 aliphatic rings. The molecule has 1 aromatic heterocycles. The van der Waals surface area contributed by atoms with Crippen LogP contribution in [0.3, 0.4) is 0 Å². The largest absolute Gasteiger partial charge is 0.281 e. The van der Waals surface area contributed by atoms with Crippen LogP contribution in [0.15, 0.2) is 5.38 Å². The van der Waals surface area contributed by atoms with Crippen molar-refractivity contribution in [3.63, 3.8) is 0 Å². The summed E-state index contributed by atoms with van der Waals surface area (Å²) in [5.74, 6) is 0.893. The minimum atomic E-state index is -3.27. The van der Waals surface area contributed by atoms with Crippen molar-refractivity contribution >= 4 is 21.5 Å². The first kappa shape index (κ1) is 16.4. The van der Waals surface area contributed by atoms with E-state index in [1.165, 1.54) is 5.01 Å². The molecule has 0 N–H and O–H groups in total. The second-order valence-electron chi connectivity index (χ2n) is 6.61. The van der Waals surface area contributed by atoms with Crippen molar-refractivity contribution in [2.45, 2.75) is 45.4 Å². The molecule has 3 heterocycles. The lowest BCUT2D eigenvalue weighted by molar-refractivity contribution is 0.242. The summed E-state index contributed by atoms with van der Waals surface area (Å²) in [5.41, 5.74) is 1.07. The Morgan fingerprint density at radius 2 is 1.91 bits per heavy atom. The van der Waals surface area contributed by atoms with Gasteiger partial charge in [0.2, 0.25) is 0 Å². The van der Waals surface area contributed by atoms with Crippen molar-refractivity contribution in [3.05, 3.63) is 16.1 Å². The van der Waals surface area contributed by atoms with Gasteiger partial charge in [-0.15, -0.1) is 11.3 Å². The van der Waals surface area contributed by atoms with Gasteiger partial charge < -0.3 is 0 Å². The van der Waals surface area contributed by atoms with E-state index in [0.717, 1.165) is 31.4 Å². The molecule has 3 rings (SSSR count). The summed E-state index contributed by atoms with van der Waals surface area (Å²) in [7, 11) is -3.27. The molecule has 1 atom stereocenters. The van der Waals surface area contributed by atoms with Crippen LogP contribution in [0.1, 0.15) is 49.2 Å². The van der Waals surface area contributed by atoms with Gasteiger partial charge in [-0.2, -0.15) is 17.0 Å². The van der Waals surface area contributed by atoms with Gasteiger partial charge in [0.15, 0.2) is 0 Å². The minimum Gasteiger partial charge on any atom is -0.246 e. The third-order valence-corrected chi connectivity index (χ3v) is 7.84. The molecule has 2 fully saturated rings. The van der Waals surface area contributed by atoms with Crippen LogP contribution in [0.4, 0.5) is 0 Å². The van der Waals surface area contributed by atoms with Gasteiger partial charge in [-0.1, -0.05) is 6.92 Å². The molecule has 0 spiro atoms. The third-order valence-electron chi connectivity index (χ3n) is 4.71. The van der Waals surface area contributed by atoms with Crippen molar-refractivity contribution < 1.29 is 8.42 Å². The quantitative estimate of drug-likeness (QED) is 0.848. The zero-order chi connectivity index (χ0) is 15.7. The Bertz CT molecular complexity index is 606. The number of hydrogen-bond donors (Lipinski definition) is 0. The number of thiazole rings is 1. The van der Waals surface area contributed by atoms with Gasteiger partial charge >= 0.3 is 0 Å². The van der Waals surface area contributed by atoms with Gasteiger partial charge in [0.05, 0.1) is 5.01 Å². The van der Waals surface area contributed by atoms with E-state index in [4.69, 9.17) is 0 Å². The van der Waals surface area contributed by atoms with Gasteiger partial charge in [0.1, 0.15) is 0 Å². The Labute approximate surface area is 137 Å². The smallest absolute Gasteiger partial charge is 0.246 e. The molecular weight excluding hydrogens is 318 g/mol. The van der Waals surface area contributed by atoms with E-state index in [9.17, 15) is 8.42 Å². The zero-order valence-corrected chi connectivity index (χ0v) is 15.0. The monoisotopic (exact) mass is 343 g/mol. The average molecular weight is 344 g/mol. The summed E-state index contributed by atoms with van der Waals surface area (Å²) in [6.45, 7) is 6.75. The molecule has 22 heavy (non-hydrogen) atoms. The molecule has 1 aromatic rings. The molecule has 0 amide bonds. The standard InChI is InChI=1S/C15H25N3O2S2/c1-12-4-3-7-18(10-12)22(19,20)17-8-5-14(6-9-17)15-16-13(2)11-21-15/h11-12,14H,3-10H2,1-2H3. The van der Waals surface area contributed by atoms with Gasteiger partial charge in [0, 0.05) is 43.2 Å². The number of aromatic nitrogens is 1. The fourth-order valence-electron chi connectivity index (χ4n) is 3.41. The first-order valence-corrected chi connectivity index (χ1v) is 10.4. The predicted octanol–water partition coefficient (Wildman–Crippen LogP) is 2.61. The normalized spacial score (nSPS) is 26.4. The Hall–Kier alpha value is -0.500. The summed E-state index contributed by atoms with van der Waals surface area (Å²) in [6.07, 6.45) is 3.89. The van der Waals surface area contributed by atoms with Crippen LogP contribution < -0.4 is 0 Å². The van der Waals surface area contributed by atoms with Gasteiger partial charge in [-0.3, -0.25) is 0 Å². The molecule has 0 aromatic carbocycles. The molecule has 0 aliphatic carbocycles. The Kier molecular flexibility index (Phi) is 4.87. The topological polar surface area (TPSA) is 53.5 Å². The lowest BCUT2D eigenvalue weighted by Crippen LogP contribution is -2.49. The summed E-state index contributed by atoms with van der Waals surface area (Å²) in [4.78, 5) is 4.56. The van der Waals surface area contributed by atoms with Gasteiger partial charge in [-0.25, -0.2) is 4.98 Å². The number of nitrogens with zero attached hydrogens (tertiary/aromatic N) is 3. The van der Waals surface area contributed by atoms with Crippen molar-refractivity contribution in [3.8, 4) is 0 Å². The maximum Gasteiger partial charge on any atom is 0.281 e. The summed E-state index contributed by atoms with van der Waals surface area (Å²) >= 11 is 1.70. The molecule has 2 saturated heterocycles. The van der Waals surface area contributed by atoms with Crippen LogP contribution in [0.25, 0.3) is 0 Å². The van der Waals surface area contributed by atoms with E-state index in [0.29, 0.717) is 38.0 Å². The molecule has 124 valence electrons. The summed E-state index contributed by atoms with van der Waals surface area (Å²) < 4.78 is 28.9. The van der Waals surface area contributed by atoms with Crippen molar-refractivity contribution in [1.82, 2.24) is 13.6 Å². The number of piperidine rings is 2. The molecule has 0 saturated carbocycles. The van der Waals surface area contributed by atoms with Gasteiger partial charge in [0.25, 0.3) is 10.2 Å². The molecule has 2 aliphatic heterocycles. The molecule has 5 nitrogen and oxygen atoms in total. The fraction of sp³-hybridized carbons (Fsp3) is 0.800. The molecule has 0 bridgehead atoms. The lowest BCUT2D eigenvalue weighted by Gasteiger charge is -2.37. The second kappa shape index (κ2) is 6.55. The van der Waals surface area contributed by atoms with Crippen LogP contribution in [0, 0.1) is 12.8 Å². The van der Waals surface area contributed by atoms with Crippen LogP contribution >= 0.6 is 11.3 Å². The van der Waals surface area contributed by atoms with E-state index >= 15 is 0 Å². The van der Waals surface area contributed by atoms with E-state index < -0.39 is 10.2 Å².